The molecular weight excluding hydrogens is 206 g/mol. The summed E-state index contributed by atoms with van der Waals surface area (Å²) in [6.45, 7) is 1.83. The summed E-state index contributed by atoms with van der Waals surface area (Å²) in [6, 6.07) is 0. The van der Waals surface area contributed by atoms with Crippen molar-refractivity contribution in [1.29, 1.82) is 0 Å². The molecule has 7 nitrogen and oxygen atoms in total. The normalized spacial score (nSPS) is 37.6. The molecule has 7 heteroatoms. The first-order valence-corrected chi connectivity index (χ1v) is 4.62. The third-order valence-corrected chi connectivity index (χ3v) is 2.74. The second kappa shape index (κ2) is 2.69. The Morgan fingerprint density at radius 1 is 1.13 bits per heavy atom. The van der Waals surface area contributed by atoms with Crippen molar-refractivity contribution in [2.75, 3.05) is 26.3 Å². The average Bonchev–Trinajstić information content (AvgIpc) is 2.58. The van der Waals surface area contributed by atoms with Gasteiger partial charge in [0.25, 0.3) is 0 Å². The standard InChI is InChI=1S/C8H9NO6/c10-5-6(11)15-8(14-5)7(4-13-8)3-9-1-2-12-7/h9H,1-4H2. The zero-order valence-corrected chi connectivity index (χ0v) is 7.78. The predicted octanol–water partition coefficient (Wildman–Crippen LogP) is -1.87. The smallest absolute Gasteiger partial charge is 0.387 e. The Balaban J connectivity index is 1.87. The number of hydrogen-bond acceptors (Lipinski definition) is 7. The monoisotopic (exact) mass is 215 g/mol. The molecular formula is C8H9NO6. The summed E-state index contributed by atoms with van der Waals surface area (Å²) in [5.74, 6) is -3.74. The first-order valence-electron chi connectivity index (χ1n) is 4.62. The van der Waals surface area contributed by atoms with Crippen LogP contribution in [-0.4, -0.2) is 49.8 Å². The van der Waals surface area contributed by atoms with E-state index in [1.54, 1.807) is 0 Å². The fraction of sp³-hybridized carbons (Fsp3) is 0.750. The van der Waals surface area contributed by atoms with E-state index in [0.29, 0.717) is 19.7 Å². The van der Waals surface area contributed by atoms with Crippen LogP contribution in [0.4, 0.5) is 0 Å². The molecule has 0 radical (unpaired) electrons. The highest BCUT2D eigenvalue weighted by atomic mass is 17.0. The first-order chi connectivity index (χ1) is 7.18. The summed E-state index contributed by atoms with van der Waals surface area (Å²) < 4.78 is 20.1. The fourth-order valence-electron chi connectivity index (χ4n) is 1.89. The van der Waals surface area contributed by atoms with Gasteiger partial charge < -0.3 is 24.3 Å². The number of carbonyl (C=O) groups is 2. The third-order valence-electron chi connectivity index (χ3n) is 2.74. The van der Waals surface area contributed by atoms with Crippen molar-refractivity contribution in [2.24, 2.45) is 0 Å². The summed E-state index contributed by atoms with van der Waals surface area (Å²) in [5, 5.41) is 3.07. The SMILES string of the molecule is O=C1OC2(OCC23CNCCO3)OC1=O. The summed E-state index contributed by atoms with van der Waals surface area (Å²) in [4.78, 5) is 21.9. The summed E-state index contributed by atoms with van der Waals surface area (Å²) in [5.41, 5.74) is -0.882. The van der Waals surface area contributed by atoms with E-state index in [-0.39, 0.29) is 6.61 Å². The van der Waals surface area contributed by atoms with Gasteiger partial charge in [-0.15, -0.1) is 0 Å². The zero-order chi connectivity index (χ0) is 10.5. The number of nitrogens with one attached hydrogen (secondary N) is 1. The Hall–Kier alpha value is -1.18. The van der Waals surface area contributed by atoms with Gasteiger partial charge in [-0.05, 0) is 0 Å². The number of hydrogen-bond donors (Lipinski definition) is 1. The predicted molar refractivity (Wildman–Crippen MR) is 42.4 cm³/mol. The molecule has 1 unspecified atom stereocenters. The van der Waals surface area contributed by atoms with Crippen molar-refractivity contribution in [3.05, 3.63) is 0 Å². The van der Waals surface area contributed by atoms with Crippen molar-refractivity contribution in [3.63, 3.8) is 0 Å². The van der Waals surface area contributed by atoms with E-state index < -0.39 is 23.5 Å². The highest BCUT2D eigenvalue weighted by Gasteiger charge is 2.74. The van der Waals surface area contributed by atoms with Crippen molar-refractivity contribution in [2.45, 2.75) is 11.6 Å². The quantitative estimate of drug-likeness (QED) is 0.374. The number of rotatable bonds is 0. The Kier molecular flexibility index (Phi) is 1.63. The van der Waals surface area contributed by atoms with Gasteiger partial charge >= 0.3 is 17.9 Å². The third kappa shape index (κ3) is 0.996. The molecule has 3 aliphatic heterocycles. The summed E-state index contributed by atoms with van der Waals surface area (Å²) >= 11 is 0. The van der Waals surface area contributed by atoms with Crippen LogP contribution in [0.1, 0.15) is 0 Å². The second-order valence-corrected chi connectivity index (χ2v) is 3.64. The van der Waals surface area contributed by atoms with E-state index in [9.17, 15) is 9.59 Å². The van der Waals surface area contributed by atoms with E-state index in [2.05, 4.69) is 5.32 Å². The molecule has 82 valence electrons. The van der Waals surface area contributed by atoms with Crippen LogP contribution in [0, 0.1) is 0 Å². The molecule has 0 amide bonds. The van der Waals surface area contributed by atoms with Gasteiger partial charge in [0, 0.05) is 13.1 Å². The molecule has 3 aliphatic rings. The number of esters is 2. The minimum atomic E-state index is -1.66. The van der Waals surface area contributed by atoms with Gasteiger partial charge in [0.1, 0.15) is 0 Å². The van der Waals surface area contributed by atoms with Gasteiger partial charge in [-0.2, -0.15) is 0 Å². The van der Waals surface area contributed by atoms with Crippen LogP contribution in [0.5, 0.6) is 0 Å². The number of morpholine rings is 1. The molecule has 3 heterocycles. The highest BCUT2D eigenvalue weighted by Crippen LogP contribution is 2.45. The van der Waals surface area contributed by atoms with Crippen LogP contribution in [0.3, 0.4) is 0 Å². The molecule has 3 fully saturated rings. The molecule has 0 aliphatic carbocycles. The lowest BCUT2D eigenvalue weighted by Gasteiger charge is -2.52. The lowest BCUT2D eigenvalue weighted by molar-refractivity contribution is -0.477. The van der Waals surface area contributed by atoms with Crippen molar-refractivity contribution >= 4 is 11.9 Å². The van der Waals surface area contributed by atoms with Gasteiger partial charge in [-0.3, -0.25) is 0 Å². The molecule has 1 atom stereocenters. The molecule has 2 spiro atoms. The molecule has 3 saturated heterocycles. The first kappa shape index (κ1) is 9.08. The van der Waals surface area contributed by atoms with Gasteiger partial charge in [0.2, 0.25) is 5.60 Å². The molecule has 1 N–H and O–H groups in total. The molecule has 0 aromatic carbocycles. The Morgan fingerprint density at radius 2 is 1.87 bits per heavy atom. The maximum Gasteiger partial charge on any atom is 0.422 e. The largest absolute Gasteiger partial charge is 0.422 e. The maximum atomic E-state index is 11.0. The minimum Gasteiger partial charge on any atom is -0.387 e. The fourth-order valence-corrected chi connectivity index (χ4v) is 1.89. The van der Waals surface area contributed by atoms with Gasteiger partial charge in [-0.1, -0.05) is 0 Å². The van der Waals surface area contributed by atoms with E-state index in [1.807, 2.05) is 0 Å². The Bertz CT molecular complexity index is 318. The summed E-state index contributed by atoms with van der Waals surface area (Å²) in [7, 11) is 0. The van der Waals surface area contributed by atoms with E-state index >= 15 is 0 Å². The van der Waals surface area contributed by atoms with Crippen LogP contribution in [0.15, 0.2) is 0 Å². The van der Waals surface area contributed by atoms with Crippen LogP contribution < -0.4 is 5.32 Å². The van der Waals surface area contributed by atoms with Gasteiger partial charge in [0.15, 0.2) is 0 Å². The van der Waals surface area contributed by atoms with Crippen molar-refractivity contribution in [3.8, 4) is 0 Å². The van der Waals surface area contributed by atoms with E-state index in [0.717, 1.165) is 0 Å². The van der Waals surface area contributed by atoms with Crippen LogP contribution >= 0.6 is 0 Å². The lowest BCUT2D eigenvalue weighted by atomic mass is 9.95. The number of carbonyl (C=O) groups excluding carboxylic acids is 2. The van der Waals surface area contributed by atoms with Crippen LogP contribution in [-0.2, 0) is 28.5 Å². The Morgan fingerprint density at radius 3 is 2.33 bits per heavy atom. The maximum absolute atomic E-state index is 11.0. The highest BCUT2D eigenvalue weighted by molar-refractivity contribution is 6.31. The van der Waals surface area contributed by atoms with Crippen LogP contribution in [0.25, 0.3) is 0 Å². The number of fused-ring (bicyclic) bond motifs is 1. The second-order valence-electron chi connectivity index (χ2n) is 3.64. The molecule has 15 heavy (non-hydrogen) atoms. The Labute approximate surface area is 84.6 Å². The van der Waals surface area contributed by atoms with Crippen molar-refractivity contribution < 1.29 is 28.5 Å². The number of ether oxygens (including phenoxy) is 4. The van der Waals surface area contributed by atoms with E-state index in [4.69, 9.17) is 18.9 Å². The van der Waals surface area contributed by atoms with E-state index in [1.165, 1.54) is 0 Å². The molecule has 3 rings (SSSR count). The minimum absolute atomic E-state index is 0.237. The summed E-state index contributed by atoms with van der Waals surface area (Å²) in [6.07, 6.45) is 0. The van der Waals surface area contributed by atoms with Crippen molar-refractivity contribution in [1.82, 2.24) is 5.32 Å². The van der Waals surface area contributed by atoms with Crippen LogP contribution in [0.2, 0.25) is 0 Å². The molecule has 0 aromatic heterocycles. The molecule has 0 saturated carbocycles. The molecule has 0 aromatic rings. The zero-order valence-electron chi connectivity index (χ0n) is 7.78. The average molecular weight is 215 g/mol. The lowest BCUT2D eigenvalue weighted by Crippen LogP contribution is -2.76. The topological polar surface area (TPSA) is 83.1 Å². The van der Waals surface area contributed by atoms with Gasteiger partial charge in [-0.25, -0.2) is 9.59 Å². The van der Waals surface area contributed by atoms with Gasteiger partial charge in [0.05, 0.1) is 13.2 Å². The molecule has 0 bridgehead atoms.